The van der Waals surface area contributed by atoms with Crippen LogP contribution in [0.4, 0.5) is 0 Å². The Bertz CT molecular complexity index is 571. The second kappa shape index (κ2) is 7.51. The van der Waals surface area contributed by atoms with Gasteiger partial charge in [-0.05, 0) is 58.0 Å². The maximum Gasteiger partial charge on any atom is 0.203 e. The molecule has 1 N–H and O–H groups in total. The van der Waals surface area contributed by atoms with Gasteiger partial charge in [0, 0.05) is 3.57 Å². The van der Waals surface area contributed by atoms with Crippen molar-refractivity contribution in [2.45, 2.75) is 13.2 Å². The van der Waals surface area contributed by atoms with E-state index < -0.39 is 0 Å². The van der Waals surface area contributed by atoms with E-state index in [2.05, 4.69) is 22.6 Å². The normalized spacial score (nSPS) is 10.3. The van der Waals surface area contributed by atoms with E-state index in [1.165, 1.54) is 3.57 Å². The lowest BCUT2D eigenvalue weighted by Crippen LogP contribution is -2.01. The average molecular weight is 400 g/mol. The number of methoxy groups -OCH3 is 2. The second-order valence-corrected chi connectivity index (χ2v) is 5.65. The van der Waals surface area contributed by atoms with Gasteiger partial charge in [0.1, 0.15) is 6.61 Å². The molecule has 0 bridgehead atoms. The molecule has 0 fully saturated rings. The first kappa shape index (κ1) is 15.9. The van der Waals surface area contributed by atoms with Gasteiger partial charge in [-0.15, -0.1) is 0 Å². The van der Waals surface area contributed by atoms with Crippen LogP contribution in [0.15, 0.2) is 36.4 Å². The van der Waals surface area contributed by atoms with Gasteiger partial charge in [0.05, 0.1) is 20.8 Å². The molecule has 0 unspecified atom stereocenters. The molecule has 0 amide bonds. The van der Waals surface area contributed by atoms with Crippen LogP contribution in [0.5, 0.6) is 17.2 Å². The number of benzene rings is 2. The van der Waals surface area contributed by atoms with Gasteiger partial charge in [0.25, 0.3) is 0 Å². The first-order valence-corrected chi connectivity index (χ1v) is 7.48. The summed E-state index contributed by atoms with van der Waals surface area (Å²) in [6.45, 7) is 0.340. The zero-order valence-electron chi connectivity index (χ0n) is 11.9. The molecule has 2 aromatic carbocycles. The van der Waals surface area contributed by atoms with Crippen molar-refractivity contribution in [2.24, 2.45) is 0 Å². The second-order valence-electron chi connectivity index (χ2n) is 4.40. The van der Waals surface area contributed by atoms with Gasteiger partial charge in [-0.25, -0.2) is 0 Å². The molecule has 0 radical (unpaired) electrons. The first-order valence-electron chi connectivity index (χ1n) is 6.41. The lowest BCUT2D eigenvalue weighted by atomic mass is 10.2. The van der Waals surface area contributed by atoms with E-state index in [0.29, 0.717) is 29.4 Å². The van der Waals surface area contributed by atoms with Crippen molar-refractivity contribution in [2.75, 3.05) is 14.2 Å². The molecule has 0 heterocycles. The van der Waals surface area contributed by atoms with Crippen LogP contribution in [0.1, 0.15) is 11.1 Å². The minimum Gasteiger partial charge on any atom is -0.493 e. The van der Waals surface area contributed by atoms with Crippen molar-refractivity contribution in [3.63, 3.8) is 0 Å². The molecule has 2 aromatic rings. The molecule has 112 valence electrons. The average Bonchev–Trinajstić information content (AvgIpc) is 2.53. The summed E-state index contributed by atoms with van der Waals surface area (Å²) in [5.41, 5.74) is 1.77. The summed E-state index contributed by atoms with van der Waals surface area (Å²) < 4.78 is 17.7. The fourth-order valence-corrected chi connectivity index (χ4v) is 2.26. The molecule has 0 aliphatic heterocycles. The van der Waals surface area contributed by atoms with Gasteiger partial charge in [-0.2, -0.15) is 0 Å². The third kappa shape index (κ3) is 4.01. The summed E-state index contributed by atoms with van der Waals surface area (Å²) in [4.78, 5) is 0. The van der Waals surface area contributed by atoms with Crippen LogP contribution < -0.4 is 14.2 Å². The maximum absolute atomic E-state index is 9.25. The number of hydrogen-bond acceptors (Lipinski definition) is 4. The van der Waals surface area contributed by atoms with Gasteiger partial charge in [0.15, 0.2) is 11.5 Å². The lowest BCUT2D eigenvalue weighted by molar-refractivity contribution is 0.260. The molecular formula is C16H17IO4. The van der Waals surface area contributed by atoms with E-state index in [1.807, 2.05) is 24.3 Å². The predicted molar refractivity (Wildman–Crippen MR) is 89.0 cm³/mol. The Morgan fingerprint density at radius 3 is 2.00 bits per heavy atom. The number of halogens is 1. The van der Waals surface area contributed by atoms with Crippen LogP contribution in [-0.2, 0) is 13.2 Å². The van der Waals surface area contributed by atoms with Gasteiger partial charge in [0.2, 0.25) is 5.75 Å². The molecule has 0 atom stereocenters. The summed E-state index contributed by atoms with van der Waals surface area (Å²) in [5.74, 6) is 1.63. The number of ether oxygens (including phenoxy) is 3. The Morgan fingerprint density at radius 1 is 0.952 bits per heavy atom. The highest BCUT2D eigenvalue weighted by molar-refractivity contribution is 14.1. The van der Waals surface area contributed by atoms with Gasteiger partial charge in [-0.1, -0.05) is 12.1 Å². The third-order valence-corrected chi connectivity index (χ3v) is 3.72. The minimum absolute atomic E-state index is 0.0792. The Morgan fingerprint density at radius 2 is 1.52 bits per heavy atom. The zero-order valence-corrected chi connectivity index (χ0v) is 14.1. The minimum atomic E-state index is -0.0792. The lowest BCUT2D eigenvalue weighted by Gasteiger charge is -2.15. The van der Waals surface area contributed by atoms with Gasteiger partial charge in [-0.3, -0.25) is 0 Å². The SMILES string of the molecule is COc1cc(CO)cc(OC)c1OCc1ccc(I)cc1. The summed E-state index contributed by atoms with van der Waals surface area (Å²) in [7, 11) is 3.13. The largest absolute Gasteiger partial charge is 0.493 e. The molecule has 0 saturated carbocycles. The van der Waals surface area contributed by atoms with E-state index in [-0.39, 0.29) is 6.61 Å². The summed E-state index contributed by atoms with van der Waals surface area (Å²) in [5, 5.41) is 9.25. The van der Waals surface area contributed by atoms with Crippen LogP contribution in [-0.4, -0.2) is 19.3 Å². The van der Waals surface area contributed by atoms with Crippen molar-refractivity contribution in [3.05, 3.63) is 51.1 Å². The number of aliphatic hydroxyl groups excluding tert-OH is 1. The Balaban J connectivity index is 2.23. The van der Waals surface area contributed by atoms with Gasteiger partial charge < -0.3 is 19.3 Å². The predicted octanol–water partition coefficient (Wildman–Crippen LogP) is 3.38. The zero-order chi connectivity index (χ0) is 15.2. The smallest absolute Gasteiger partial charge is 0.203 e. The molecule has 4 nitrogen and oxygen atoms in total. The van der Waals surface area contributed by atoms with Gasteiger partial charge >= 0.3 is 0 Å². The van der Waals surface area contributed by atoms with Crippen molar-refractivity contribution in [1.29, 1.82) is 0 Å². The molecule has 0 aliphatic rings. The number of rotatable bonds is 6. The number of hydrogen-bond donors (Lipinski definition) is 1. The molecule has 2 rings (SSSR count). The van der Waals surface area contributed by atoms with E-state index >= 15 is 0 Å². The molecule has 0 aliphatic carbocycles. The van der Waals surface area contributed by atoms with E-state index in [4.69, 9.17) is 14.2 Å². The van der Waals surface area contributed by atoms with Crippen molar-refractivity contribution >= 4 is 22.6 Å². The monoisotopic (exact) mass is 400 g/mol. The van der Waals surface area contributed by atoms with Crippen LogP contribution in [0.25, 0.3) is 0 Å². The highest BCUT2D eigenvalue weighted by Crippen LogP contribution is 2.39. The fraction of sp³-hybridized carbons (Fsp3) is 0.250. The molecule has 5 heteroatoms. The fourth-order valence-electron chi connectivity index (χ4n) is 1.90. The van der Waals surface area contributed by atoms with Crippen molar-refractivity contribution in [1.82, 2.24) is 0 Å². The molecule has 0 aromatic heterocycles. The Kier molecular flexibility index (Phi) is 5.69. The summed E-state index contributed by atoms with van der Waals surface area (Å²) >= 11 is 2.26. The third-order valence-electron chi connectivity index (χ3n) is 3.00. The maximum atomic E-state index is 9.25. The van der Waals surface area contributed by atoms with Crippen LogP contribution >= 0.6 is 22.6 Å². The first-order chi connectivity index (χ1) is 10.2. The van der Waals surface area contributed by atoms with Crippen molar-refractivity contribution in [3.8, 4) is 17.2 Å². The Labute approximate surface area is 137 Å². The van der Waals surface area contributed by atoms with E-state index in [1.54, 1.807) is 26.4 Å². The molecular weight excluding hydrogens is 383 g/mol. The molecule has 21 heavy (non-hydrogen) atoms. The quantitative estimate of drug-likeness (QED) is 0.756. The van der Waals surface area contributed by atoms with Crippen LogP contribution in [0.3, 0.4) is 0 Å². The Hall–Kier alpha value is -1.47. The topological polar surface area (TPSA) is 47.9 Å². The molecule has 0 saturated heterocycles. The molecule has 0 spiro atoms. The van der Waals surface area contributed by atoms with Crippen LogP contribution in [0.2, 0.25) is 0 Å². The van der Waals surface area contributed by atoms with E-state index in [0.717, 1.165) is 5.56 Å². The van der Waals surface area contributed by atoms with Crippen molar-refractivity contribution < 1.29 is 19.3 Å². The highest BCUT2D eigenvalue weighted by Gasteiger charge is 2.14. The highest BCUT2D eigenvalue weighted by atomic mass is 127. The number of aliphatic hydroxyl groups is 1. The summed E-state index contributed by atoms with van der Waals surface area (Å²) in [6.07, 6.45) is 0. The standard InChI is InChI=1S/C16H17IO4/c1-19-14-7-12(9-18)8-15(20-2)16(14)21-10-11-3-5-13(17)6-4-11/h3-8,18H,9-10H2,1-2H3. The van der Waals surface area contributed by atoms with E-state index in [9.17, 15) is 5.11 Å². The van der Waals surface area contributed by atoms with Crippen LogP contribution in [0, 0.1) is 3.57 Å². The summed E-state index contributed by atoms with van der Waals surface area (Å²) in [6, 6.07) is 11.6.